The van der Waals surface area contributed by atoms with Crippen LogP contribution in [0.1, 0.15) is 40.2 Å². The number of hydrogen-bond acceptors (Lipinski definition) is 4. The van der Waals surface area contributed by atoms with Gasteiger partial charge in [-0.15, -0.1) is 0 Å². The van der Waals surface area contributed by atoms with Crippen molar-refractivity contribution < 1.29 is 28.2 Å². The van der Waals surface area contributed by atoms with Gasteiger partial charge in [0.15, 0.2) is 0 Å². The second kappa shape index (κ2) is 12.1. The first kappa shape index (κ1) is 27.2. The summed E-state index contributed by atoms with van der Waals surface area (Å²) in [5.41, 5.74) is 3.69. The van der Waals surface area contributed by atoms with Crippen molar-refractivity contribution in [3.8, 4) is 17.0 Å². The van der Waals surface area contributed by atoms with Gasteiger partial charge in [-0.1, -0.05) is 64.5 Å². The van der Waals surface area contributed by atoms with Crippen molar-refractivity contribution in [3.63, 3.8) is 0 Å². The molecule has 0 aliphatic heterocycles. The van der Waals surface area contributed by atoms with Gasteiger partial charge in [0.1, 0.15) is 5.75 Å². The maximum absolute atomic E-state index is 13.7. The number of benzene rings is 3. The third-order valence-corrected chi connectivity index (χ3v) is 6.75. The number of para-hydroxylation sites is 1. The van der Waals surface area contributed by atoms with Crippen LogP contribution in [0, 0.1) is 6.92 Å². The van der Waals surface area contributed by atoms with Crippen molar-refractivity contribution in [1.82, 2.24) is 10.3 Å². The Morgan fingerprint density at radius 3 is 2.47 bits per heavy atom. The minimum absolute atomic E-state index is 0.0215. The molecule has 1 heterocycles. The molecule has 0 aliphatic rings. The zero-order valence-corrected chi connectivity index (χ0v) is 22.0. The van der Waals surface area contributed by atoms with E-state index in [-0.39, 0.29) is 31.0 Å². The number of carbonyl (C=O) groups excluding carboxylic acids is 1. The van der Waals surface area contributed by atoms with E-state index in [4.69, 9.17) is 4.98 Å². The lowest BCUT2D eigenvalue weighted by molar-refractivity contribution is -0.137. The van der Waals surface area contributed by atoms with Crippen LogP contribution in [-0.2, 0) is 4.79 Å². The number of nitrogens with zero attached hydrogens (tertiary/aromatic N) is 1. The van der Waals surface area contributed by atoms with Crippen LogP contribution in [0.4, 0.5) is 8.78 Å². The zero-order valence-electron chi connectivity index (χ0n) is 20.5. The molecule has 0 saturated carbocycles. The molecule has 1 atom stereocenters. The maximum Gasteiger partial charge on any atom is 0.387 e. The fraction of sp³-hybridized carbons (Fsp3) is 0.207. The average Bonchev–Trinajstić information content (AvgIpc) is 2.89. The smallest absolute Gasteiger partial charge is 0.387 e. The van der Waals surface area contributed by atoms with Crippen molar-refractivity contribution in [1.29, 1.82) is 0 Å². The average molecular weight is 583 g/mol. The van der Waals surface area contributed by atoms with E-state index in [2.05, 4.69) is 26.0 Å². The summed E-state index contributed by atoms with van der Waals surface area (Å²) in [6, 6.07) is 21.3. The summed E-state index contributed by atoms with van der Waals surface area (Å²) in [5.74, 6) is -2.02. The number of hydrogen-bond donors (Lipinski definition) is 2. The number of fused-ring (bicyclic) bond motifs is 1. The van der Waals surface area contributed by atoms with E-state index >= 15 is 0 Å². The minimum Gasteiger partial charge on any atom is -0.481 e. The van der Waals surface area contributed by atoms with E-state index in [1.54, 1.807) is 18.2 Å². The molecule has 9 heteroatoms. The van der Waals surface area contributed by atoms with Gasteiger partial charge in [-0.2, -0.15) is 8.78 Å². The summed E-state index contributed by atoms with van der Waals surface area (Å²) in [4.78, 5) is 29.8. The molecule has 38 heavy (non-hydrogen) atoms. The largest absolute Gasteiger partial charge is 0.481 e. The van der Waals surface area contributed by atoms with Crippen LogP contribution in [0.25, 0.3) is 22.2 Å². The van der Waals surface area contributed by atoms with Crippen LogP contribution in [0.15, 0.2) is 77.3 Å². The van der Waals surface area contributed by atoms with Gasteiger partial charge in [0.25, 0.3) is 5.91 Å². The number of alkyl halides is 2. The molecule has 4 aromatic rings. The number of ether oxygens (including phenoxy) is 1. The summed E-state index contributed by atoms with van der Waals surface area (Å²) in [6.45, 7) is -1.18. The van der Waals surface area contributed by atoms with E-state index in [0.29, 0.717) is 33.3 Å². The Bertz CT molecular complexity index is 1460. The first-order valence-corrected chi connectivity index (χ1v) is 12.7. The molecule has 196 valence electrons. The Labute approximate surface area is 226 Å². The molecule has 0 saturated heterocycles. The van der Waals surface area contributed by atoms with Gasteiger partial charge in [0, 0.05) is 34.3 Å². The van der Waals surface area contributed by atoms with E-state index in [0.717, 1.165) is 10.0 Å². The highest BCUT2D eigenvalue weighted by Crippen LogP contribution is 2.33. The van der Waals surface area contributed by atoms with Crippen LogP contribution in [0.3, 0.4) is 0 Å². The Hall–Kier alpha value is -3.85. The van der Waals surface area contributed by atoms with E-state index in [9.17, 15) is 23.5 Å². The van der Waals surface area contributed by atoms with E-state index in [1.807, 2.05) is 55.5 Å². The monoisotopic (exact) mass is 582 g/mol. The fourth-order valence-corrected chi connectivity index (χ4v) is 4.85. The van der Waals surface area contributed by atoms with E-state index in [1.165, 1.54) is 6.07 Å². The lowest BCUT2D eigenvalue weighted by atomic mass is 9.92. The Morgan fingerprint density at radius 1 is 1.05 bits per heavy atom. The van der Waals surface area contributed by atoms with Crippen LogP contribution in [0.5, 0.6) is 5.75 Å². The number of aromatic nitrogens is 1. The predicted octanol–water partition coefficient (Wildman–Crippen LogP) is 6.95. The van der Waals surface area contributed by atoms with Crippen molar-refractivity contribution in [2.75, 3.05) is 6.54 Å². The molecule has 0 radical (unpaired) electrons. The molecular weight excluding hydrogens is 558 g/mol. The number of aliphatic carboxylic acids is 1. The van der Waals surface area contributed by atoms with Crippen LogP contribution in [0.2, 0.25) is 0 Å². The lowest BCUT2D eigenvalue weighted by Crippen LogP contribution is -2.30. The quantitative estimate of drug-likeness (QED) is 0.211. The molecule has 6 nitrogen and oxygen atoms in total. The van der Waals surface area contributed by atoms with Gasteiger partial charge >= 0.3 is 12.6 Å². The number of carboxylic acid groups (broad SMARTS) is 1. The molecule has 1 unspecified atom stereocenters. The normalized spacial score (nSPS) is 11.9. The summed E-state index contributed by atoms with van der Waals surface area (Å²) < 4.78 is 31.5. The molecule has 1 aromatic heterocycles. The van der Waals surface area contributed by atoms with Crippen molar-refractivity contribution >= 4 is 38.7 Å². The van der Waals surface area contributed by atoms with Gasteiger partial charge in [-0.05, 0) is 48.7 Å². The number of pyridine rings is 1. The van der Waals surface area contributed by atoms with Crippen LogP contribution in [-0.4, -0.2) is 35.1 Å². The molecule has 0 bridgehead atoms. The highest BCUT2D eigenvalue weighted by Gasteiger charge is 2.23. The Balaban J connectivity index is 1.71. The molecule has 1 amide bonds. The Morgan fingerprint density at radius 2 is 1.76 bits per heavy atom. The van der Waals surface area contributed by atoms with Crippen molar-refractivity contribution in [3.05, 3.63) is 94.0 Å². The third-order valence-electron chi connectivity index (χ3n) is 6.26. The van der Waals surface area contributed by atoms with Crippen molar-refractivity contribution in [2.24, 2.45) is 0 Å². The minimum atomic E-state index is -3.04. The van der Waals surface area contributed by atoms with Crippen LogP contribution >= 0.6 is 15.9 Å². The maximum atomic E-state index is 13.7. The topological polar surface area (TPSA) is 88.5 Å². The molecule has 0 spiro atoms. The first-order chi connectivity index (χ1) is 18.2. The predicted molar refractivity (Wildman–Crippen MR) is 145 cm³/mol. The van der Waals surface area contributed by atoms with Crippen LogP contribution < -0.4 is 10.1 Å². The van der Waals surface area contributed by atoms with Crippen molar-refractivity contribution in [2.45, 2.75) is 32.3 Å². The van der Waals surface area contributed by atoms with Gasteiger partial charge < -0.3 is 15.2 Å². The Kier molecular flexibility index (Phi) is 8.68. The molecular formula is C29H25BrF2N2O4. The van der Waals surface area contributed by atoms with Gasteiger partial charge in [-0.25, -0.2) is 4.98 Å². The number of amides is 1. The third kappa shape index (κ3) is 6.34. The van der Waals surface area contributed by atoms with Gasteiger partial charge in [0.2, 0.25) is 0 Å². The SMILES string of the molecule is Cc1c(-c2ccccc2)nc2ccc(Br)cc2c1C(=O)NCC(CCC(=O)O)c1ccccc1OC(F)F. The van der Waals surface area contributed by atoms with E-state index < -0.39 is 18.5 Å². The number of carboxylic acids is 1. The molecule has 0 fully saturated rings. The number of halogens is 3. The second-order valence-corrected chi connectivity index (χ2v) is 9.66. The molecule has 0 aliphatic carbocycles. The summed E-state index contributed by atoms with van der Waals surface area (Å²) in [7, 11) is 0. The summed E-state index contributed by atoms with van der Waals surface area (Å²) in [5, 5.41) is 12.8. The zero-order chi connectivity index (χ0) is 27.2. The standard InChI is InChI=1S/C29H25BrF2N2O4/c1-17-26(22-15-20(30)12-13-23(22)34-27(17)18-7-3-2-4-8-18)28(37)33-16-19(11-14-25(35)36)21-9-5-6-10-24(21)38-29(31)32/h2-10,12-13,15,19,29H,11,14,16H2,1H3,(H,33,37)(H,35,36). The number of rotatable bonds is 10. The molecule has 4 rings (SSSR count). The number of carbonyl (C=O) groups is 2. The highest BCUT2D eigenvalue weighted by atomic mass is 79.9. The molecule has 2 N–H and O–H groups in total. The van der Waals surface area contributed by atoms with Gasteiger partial charge in [-0.3, -0.25) is 9.59 Å². The first-order valence-electron chi connectivity index (χ1n) is 11.9. The highest BCUT2D eigenvalue weighted by molar-refractivity contribution is 9.10. The summed E-state index contributed by atoms with van der Waals surface area (Å²) >= 11 is 3.47. The van der Waals surface area contributed by atoms with Gasteiger partial charge in [0.05, 0.1) is 16.8 Å². The molecule has 3 aromatic carbocycles. The lowest BCUT2D eigenvalue weighted by Gasteiger charge is -2.21. The fourth-order valence-electron chi connectivity index (χ4n) is 4.49. The summed E-state index contributed by atoms with van der Waals surface area (Å²) in [6.07, 6.45) is -0.0814. The number of nitrogens with one attached hydrogen (secondary N) is 1. The second-order valence-electron chi connectivity index (χ2n) is 8.74.